The van der Waals surface area contributed by atoms with Crippen molar-refractivity contribution in [2.75, 3.05) is 6.50 Å². The average molecular weight is 80.1 g/mol. The van der Waals surface area contributed by atoms with Gasteiger partial charge in [-0.3, -0.25) is 10.1 Å². The summed E-state index contributed by atoms with van der Waals surface area (Å²) in [7, 11) is 0. The van der Waals surface area contributed by atoms with Gasteiger partial charge < -0.3 is 0 Å². The molecule has 0 N–H and O–H groups in total. The Morgan fingerprint density at radius 1 is 2.60 bits per heavy atom. The minimum Gasteiger partial charge on any atom is -0.265 e. The summed E-state index contributed by atoms with van der Waals surface area (Å²) in [5, 5.41) is 9.74. The van der Waals surface area contributed by atoms with E-state index in [1.165, 1.54) is 0 Å². The zero-order valence-corrected chi connectivity index (χ0v) is 2.26. The highest BCUT2D eigenvalue weighted by Gasteiger charge is 1.76. The predicted molar refractivity (Wildman–Crippen MR) is 17.5 cm³/mol. The van der Waals surface area contributed by atoms with Crippen LogP contribution in [-0.2, 0) is 0 Å². The Bertz CT molecular complexity index is 150. The van der Waals surface area contributed by atoms with E-state index in [-0.39, 0.29) is 0 Å². The van der Waals surface area contributed by atoms with Crippen molar-refractivity contribution in [3.8, 4) is 0 Å². The van der Waals surface area contributed by atoms with Crippen LogP contribution in [0, 0.1) is 10.1 Å². The van der Waals surface area contributed by atoms with E-state index in [2.05, 4.69) is 0 Å². The highest BCUT2D eigenvalue weighted by atomic mass is 16.6. The summed E-state index contributed by atoms with van der Waals surface area (Å²) in [6.07, 6.45) is 0. The molecular weight excluding hydrogens is 70.0 g/mol. The van der Waals surface area contributed by atoms with Gasteiger partial charge in [0, 0.05) is 15.9 Å². The normalized spacial score (nSPS) is 27.6. The summed E-state index contributed by atoms with van der Waals surface area (Å²) in [5.41, 5.74) is 0. The van der Waals surface area contributed by atoms with Gasteiger partial charge in [0.15, 0.2) is 0 Å². The molecule has 0 aliphatic carbocycles. The lowest BCUT2D eigenvalue weighted by Crippen LogP contribution is -1.92. The zero-order chi connectivity index (χ0) is 8.58. The molecule has 0 saturated carbocycles. The quantitative estimate of drug-likeness (QED) is 0.335. The van der Waals surface area contributed by atoms with E-state index in [4.69, 9.17) is 6.85 Å². The number of nitro groups is 1. The van der Waals surface area contributed by atoms with E-state index >= 15 is 0 Å². The molecular formula is C2H5NO2. The molecule has 3 heteroatoms. The highest BCUT2D eigenvalue weighted by molar-refractivity contribution is 4.04. The van der Waals surface area contributed by atoms with Crippen LogP contribution in [0.2, 0.25) is 0 Å². The molecule has 0 fully saturated rings. The van der Waals surface area contributed by atoms with Crippen molar-refractivity contribution < 1.29 is 11.8 Å². The van der Waals surface area contributed by atoms with E-state index in [9.17, 15) is 10.1 Å². The summed E-state index contributed by atoms with van der Waals surface area (Å²) in [5.74, 6) is 0. The second kappa shape index (κ2) is 1.69. The molecule has 0 unspecified atom stereocenters. The van der Waals surface area contributed by atoms with Crippen LogP contribution in [0.25, 0.3) is 0 Å². The van der Waals surface area contributed by atoms with Crippen LogP contribution in [0.1, 0.15) is 13.7 Å². The highest BCUT2D eigenvalue weighted by Crippen LogP contribution is 1.57. The molecule has 0 aliphatic heterocycles. The largest absolute Gasteiger partial charge is 0.265 e. The number of hydrogen-bond donors (Lipinski definition) is 0. The summed E-state index contributed by atoms with van der Waals surface area (Å²) in [6.45, 7) is -6.54. The lowest BCUT2D eigenvalue weighted by atomic mass is 10.8. The molecule has 0 aromatic rings. The summed E-state index contributed by atoms with van der Waals surface area (Å²) in [4.78, 5) is 8.28. The third-order valence-electron chi connectivity index (χ3n) is 0.0913. The third kappa shape index (κ3) is 3.40. The Morgan fingerprint density at radius 2 is 3.20 bits per heavy atom. The Morgan fingerprint density at radius 3 is 3.20 bits per heavy atom. The van der Waals surface area contributed by atoms with Crippen LogP contribution in [0.5, 0.6) is 0 Å². The maximum Gasteiger partial charge on any atom is 0.201 e. The van der Waals surface area contributed by atoms with E-state index in [1.807, 2.05) is 0 Å². The minimum atomic E-state index is -3.34. The Hall–Kier alpha value is -0.600. The first-order valence-corrected chi connectivity index (χ1v) is 0.839. The van der Waals surface area contributed by atoms with Crippen molar-refractivity contribution in [3.05, 3.63) is 10.1 Å². The Balaban J connectivity index is 4.57. The van der Waals surface area contributed by atoms with Gasteiger partial charge in [0.2, 0.25) is 6.50 Å². The monoisotopic (exact) mass is 80.1 g/mol. The first-order valence-electron chi connectivity index (χ1n) is 3.34. The molecule has 0 bridgehead atoms. The molecule has 0 saturated heterocycles. The van der Waals surface area contributed by atoms with Crippen molar-refractivity contribution >= 4 is 0 Å². The van der Waals surface area contributed by atoms with Gasteiger partial charge >= 0.3 is 0 Å². The molecule has 3 nitrogen and oxygen atoms in total. The molecule has 0 spiro atoms. The molecule has 30 valence electrons. The summed E-state index contributed by atoms with van der Waals surface area (Å²) >= 11 is 0. The van der Waals surface area contributed by atoms with Crippen LogP contribution in [-0.4, -0.2) is 11.4 Å². The van der Waals surface area contributed by atoms with Crippen molar-refractivity contribution in [3.63, 3.8) is 0 Å². The minimum absolute atomic E-state index is 1.46. The maximum absolute atomic E-state index is 9.74. The SMILES string of the molecule is [2H]C([2H])([2H])C([2H])([2H])[N+](=O)[O-]. The van der Waals surface area contributed by atoms with Gasteiger partial charge in [-0.2, -0.15) is 0 Å². The Kier molecular flexibility index (Phi) is 0.244. The van der Waals surface area contributed by atoms with Crippen molar-refractivity contribution in [1.29, 1.82) is 0 Å². The predicted octanol–water partition coefficient (Wildman–Crippen LogP) is 0.283. The molecule has 5 heavy (non-hydrogen) atoms. The van der Waals surface area contributed by atoms with Gasteiger partial charge in [0.05, 0.1) is 0 Å². The van der Waals surface area contributed by atoms with Crippen LogP contribution < -0.4 is 0 Å². The van der Waals surface area contributed by atoms with E-state index in [0.29, 0.717) is 0 Å². The van der Waals surface area contributed by atoms with E-state index < -0.39 is 18.3 Å². The molecule has 0 atom stereocenters. The van der Waals surface area contributed by atoms with Crippen LogP contribution in [0.4, 0.5) is 0 Å². The number of hydrogen-bond acceptors (Lipinski definition) is 2. The van der Waals surface area contributed by atoms with Gasteiger partial charge in [-0.25, -0.2) is 0 Å². The molecule has 0 heterocycles. The smallest absolute Gasteiger partial charge is 0.201 e. The fourth-order valence-electron chi connectivity index (χ4n) is 0. The van der Waals surface area contributed by atoms with Crippen molar-refractivity contribution in [2.24, 2.45) is 0 Å². The standard InChI is InChI=1S/C2H5NO2/c1-2-3(4)5/h2H2,1H3/i1D3,2D2. The maximum atomic E-state index is 9.74. The van der Waals surface area contributed by atoms with Crippen molar-refractivity contribution in [1.82, 2.24) is 0 Å². The summed E-state index contributed by atoms with van der Waals surface area (Å²) < 4.78 is 32.0. The summed E-state index contributed by atoms with van der Waals surface area (Å²) in [6, 6.07) is 0. The molecule has 0 rings (SSSR count). The molecule has 0 radical (unpaired) electrons. The zero-order valence-electron chi connectivity index (χ0n) is 7.26. The van der Waals surface area contributed by atoms with Gasteiger partial charge in [0.1, 0.15) is 2.74 Å². The second-order valence-electron chi connectivity index (χ2n) is 0.369. The first kappa shape index (κ1) is 0.721. The Labute approximate surface area is 36.8 Å². The van der Waals surface area contributed by atoms with Crippen LogP contribution in [0.3, 0.4) is 0 Å². The molecule has 0 amide bonds. The molecule has 0 aromatic carbocycles. The third-order valence-corrected chi connectivity index (χ3v) is 0.0913. The second-order valence-corrected chi connectivity index (χ2v) is 0.369. The molecule has 0 aromatic heterocycles. The van der Waals surface area contributed by atoms with Gasteiger partial charge in [-0.1, -0.05) is 0 Å². The van der Waals surface area contributed by atoms with Gasteiger partial charge in [0.25, 0.3) is 0 Å². The number of rotatable bonds is 1. The van der Waals surface area contributed by atoms with Crippen LogP contribution in [0.15, 0.2) is 0 Å². The fourth-order valence-corrected chi connectivity index (χ4v) is 0. The van der Waals surface area contributed by atoms with Gasteiger partial charge in [-0.15, -0.1) is 0 Å². The topological polar surface area (TPSA) is 43.1 Å². The van der Waals surface area contributed by atoms with E-state index in [1.54, 1.807) is 0 Å². The lowest BCUT2D eigenvalue weighted by molar-refractivity contribution is -0.475. The first-order chi connectivity index (χ1) is 4.19. The molecule has 0 aliphatic rings. The van der Waals surface area contributed by atoms with Gasteiger partial charge in [-0.05, 0) is 0 Å². The fraction of sp³-hybridized carbons (Fsp3) is 1.00. The van der Waals surface area contributed by atoms with E-state index in [0.717, 1.165) is 0 Å². The lowest BCUT2D eigenvalue weighted by Gasteiger charge is -1.73. The van der Waals surface area contributed by atoms with Crippen molar-refractivity contribution in [2.45, 2.75) is 6.85 Å². The average Bonchev–Trinajstić information content (AvgIpc) is 1.62. The van der Waals surface area contributed by atoms with Crippen LogP contribution >= 0.6 is 0 Å². The number of nitrogens with zero attached hydrogens (tertiary/aromatic N) is 1.